The topological polar surface area (TPSA) is 9.23 Å². The van der Waals surface area contributed by atoms with Gasteiger partial charge >= 0.3 is 0 Å². The van der Waals surface area contributed by atoms with Gasteiger partial charge in [-0.25, -0.2) is 0 Å². The summed E-state index contributed by atoms with van der Waals surface area (Å²) in [5, 5.41) is 0. The van der Waals surface area contributed by atoms with Crippen molar-refractivity contribution in [3.05, 3.63) is 77.9 Å². The van der Waals surface area contributed by atoms with Crippen molar-refractivity contribution in [1.29, 1.82) is 0 Å². The molecule has 1 heteroatoms. The molecule has 0 aliphatic rings. The van der Waals surface area contributed by atoms with Crippen molar-refractivity contribution >= 4 is 6.08 Å². The Balaban J connectivity index is 1.93. The van der Waals surface area contributed by atoms with Gasteiger partial charge in [0.05, 0.1) is 13.2 Å². The fourth-order valence-electron chi connectivity index (χ4n) is 2.28. The van der Waals surface area contributed by atoms with Gasteiger partial charge in [-0.15, -0.1) is 0 Å². The van der Waals surface area contributed by atoms with E-state index in [4.69, 9.17) is 4.74 Å². The quantitative estimate of drug-likeness (QED) is 0.458. The molecule has 1 nitrogen and oxygen atoms in total. The second-order valence-corrected chi connectivity index (χ2v) is 5.23. The molecule has 2 rings (SSSR count). The van der Waals surface area contributed by atoms with Crippen molar-refractivity contribution in [3.8, 4) is 11.1 Å². The number of benzene rings is 2. The van der Waals surface area contributed by atoms with Gasteiger partial charge in [-0.1, -0.05) is 72.8 Å². The molecular formula is C21H24O. The zero-order chi connectivity index (χ0) is 15.6. The number of hydrogen-bond donors (Lipinski definition) is 0. The van der Waals surface area contributed by atoms with Crippen LogP contribution in [0.3, 0.4) is 0 Å². The first-order chi connectivity index (χ1) is 10.8. The summed E-state index contributed by atoms with van der Waals surface area (Å²) >= 11 is 0. The lowest BCUT2D eigenvalue weighted by Gasteiger charge is -2.06. The van der Waals surface area contributed by atoms with Crippen LogP contribution in [0.15, 0.2) is 66.8 Å². The molecule has 0 bridgehead atoms. The summed E-state index contributed by atoms with van der Waals surface area (Å²) in [4.78, 5) is 0. The van der Waals surface area contributed by atoms with E-state index in [2.05, 4.69) is 72.8 Å². The van der Waals surface area contributed by atoms with Gasteiger partial charge in [0.1, 0.15) is 0 Å². The molecule has 0 spiro atoms. The predicted molar refractivity (Wildman–Crippen MR) is 95.7 cm³/mol. The van der Waals surface area contributed by atoms with Gasteiger partial charge in [0.25, 0.3) is 0 Å². The third-order valence-electron chi connectivity index (χ3n) is 3.49. The predicted octanol–water partition coefficient (Wildman–Crippen LogP) is 5.87. The minimum absolute atomic E-state index is 0.679. The summed E-state index contributed by atoms with van der Waals surface area (Å²) in [6.07, 6.45) is 9.32. The SMILES string of the molecule is CC=CCCOCc1ccc(-c2ccc(C=CC)cc2)cc1. The zero-order valence-corrected chi connectivity index (χ0v) is 13.5. The van der Waals surface area contributed by atoms with Crippen molar-refractivity contribution in [2.75, 3.05) is 6.61 Å². The van der Waals surface area contributed by atoms with Gasteiger partial charge < -0.3 is 4.74 Å². The van der Waals surface area contributed by atoms with Crippen LogP contribution in [0.1, 0.15) is 31.4 Å². The Bertz CT molecular complexity index is 603. The molecule has 2 aromatic carbocycles. The third kappa shape index (κ3) is 5.01. The Kier molecular flexibility index (Phi) is 6.66. The van der Waals surface area contributed by atoms with Crippen molar-refractivity contribution in [1.82, 2.24) is 0 Å². The van der Waals surface area contributed by atoms with Crippen LogP contribution in [0.2, 0.25) is 0 Å². The minimum Gasteiger partial charge on any atom is -0.376 e. The molecule has 0 saturated heterocycles. The van der Waals surface area contributed by atoms with E-state index >= 15 is 0 Å². The first-order valence-corrected chi connectivity index (χ1v) is 7.84. The van der Waals surface area contributed by atoms with Crippen LogP contribution < -0.4 is 0 Å². The Morgan fingerprint density at radius 1 is 0.818 bits per heavy atom. The maximum Gasteiger partial charge on any atom is 0.0717 e. The van der Waals surface area contributed by atoms with Crippen LogP contribution in [0.4, 0.5) is 0 Å². The average Bonchev–Trinajstić information content (AvgIpc) is 2.56. The average molecular weight is 292 g/mol. The van der Waals surface area contributed by atoms with Gasteiger partial charge in [0.15, 0.2) is 0 Å². The van der Waals surface area contributed by atoms with Crippen LogP contribution in [-0.2, 0) is 11.3 Å². The second-order valence-electron chi connectivity index (χ2n) is 5.23. The standard InChI is InChI=1S/C21H24O/c1-3-5-6-16-22-17-19-10-14-21(15-11-19)20-12-8-18(7-4-2)9-13-20/h3-5,7-15H,6,16-17H2,1-2H3. The molecule has 0 aromatic heterocycles. The molecule has 0 aliphatic heterocycles. The van der Waals surface area contributed by atoms with Crippen molar-refractivity contribution < 1.29 is 4.74 Å². The number of hydrogen-bond acceptors (Lipinski definition) is 1. The largest absolute Gasteiger partial charge is 0.376 e. The molecule has 0 fully saturated rings. The maximum atomic E-state index is 5.65. The minimum atomic E-state index is 0.679. The monoisotopic (exact) mass is 292 g/mol. The fourth-order valence-corrected chi connectivity index (χ4v) is 2.28. The van der Waals surface area contributed by atoms with Gasteiger partial charge in [0, 0.05) is 0 Å². The summed E-state index contributed by atoms with van der Waals surface area (Å²) in [7, 11) is 0. The highest BCUT2D eigenvalue weighted by atomic mass is 16.5. The maximum absolute atomic E-state index is 5.65. The normalized spacial score (nSPS) is 11.5. The molecule has 0 unspecified atom stereocenters. The number of allylic oxidation sites excluding steroid dienone is 2. The van der Waals surface area contributed by atoms with Gasteiger partial charge in [-0.2, -0.15) is 0 Å². The molecule has 0 atom stereocenters. The molecule has 0 saturated carbocycles. The molecule has 0 amide bonds. The van der Waals surface area contributed by atoms with Crippen molar-refractivity contribution in [2.45, 2.75) is 26.9 Å². The van der Waals surface area contributed by atoms with Crippen LogP contribution in [0.5, 0.6) is 0 Å². The number of ether oxygens (including phenoxy) is 1. The van der Waals surface area contributed by atoms with Crippen molar-refractivity contribution in [3.63, 3.8) is 0 Å². The summed E-state index contributed by atoms with van der Waals surface area (Å²) in [6, 6.07) is 17.2. The van der Waals surface area contributed by atoms with E-state index in [0.29, 0.717) is 6.61 Å². The smallest absolute Gasteiger partial charge is 0.0717 e. The molecular weight excluding hydrogens is 268 g/mol. The van der Waals surface area contributed by atoms with E-state index in [1.807, 2.05) is 13.8 Å². The Morgan fingerprint density at radius 3 is 2.05 bits per heavy atom. The Hall–Kier alpha value is -2.12. The van der Waals surface area contributed by atoms with Gasteiger partial charge in [-0.05, 0) is 42.5 Å². The molecule has 0 radical (unpaired) electrons. The molecule has 2 aromatic rings. The highest BCUT2D eigenvalue weighted by Gasteiger charge is 1.98. The molecule has 114 valence electrons. The molecule has 0 aliphatic carbocycles. The van der Waals surface area contributed by atoms with Crippen LogP contribution in [-0.4, -0.2) is 6.61 Å². The highest BCUT2D eigenvalue weighted by Crippen LogP contribution is 2.21. The Morgan fingerprint density at radius 2 is 1.45 bits per heavy atom. The van der Waals surface area contributed by atoms with Crippen LogP contribution in [0.25, 0.3) is 17.2 Å². The first-order valence-electron chi connectivity index (χ1n) is 7.84. The van der Waals surface area contributed by atoms with E-state index in [1.165, 1.54) is 22.3 Å². The summed E-state index contributed by atoms with van der Waals surface area (Å²) in [5.74, 6) is 0. The highest BCUT2D eigenvalue weighted by molar-refractivity contribution is 5.65. The lowest BCUT2D eigenvalue weighted by Crippen LogP contribution is -1.94. The van der Waals surface area contributed by atoms with E-state index in [9.17, 15) is 0 Å². The van der Waals surface area contributed by atoms with E-state index in [0.717, 1.165) is 13.0 Å². The Labute approximate surface area is 134 Å². The fraction of sp³-hybridized carbons (Fsp3) is 0.238. The van der Waals surface area contributed by atoms with E-state index in [1.54, 1.807) is 0 Å². The summed E-state index contributed by atoms with van der Waals surface area (Å²) in [5.41, 5.74) is 4.94. The van der Waals surface area contributed by atoms with Crippen molar-refractivity contribution in [2.24, 2.45) is 0 Å². The molecule has 0 N–H and O–H groups in total. The van der Waals surface area contributed by atoms with E-state index < -0.39 is 0 Å². The summed E-state index contributed by atoms with van der Waals surface area (Å²) in [6.45, 7) is 5.52. The van der Waals surface area contributed by atoms with Crippen LogP contribution >= 0.6 is 0 Å². The molecule has 22 heavy (non-hydrogen) atoms. The van der Waals surface area contributed by atoms with E-state index in [-0.39, 0.29) is 0 Å². The van der Waals surface area contributed by atoms with Gasteiger partial charge in [-0.3, -0.25) is 0 Å². The number of rotatable bonds is 7. The first kappa shape index (κ1) is 16.3. The van der Waals surface area contributed by atoms with Gasteiger partial charge in [0.2, 0.25) is 0 Å². The zero-order valence-electron chi connectivity index (χ0n) is 13.5. The lowest BCUT2D eigenvalue weighted by molar-refractivity contribution is 0.125. The molecule has 0 heterocycles. The third-order valence-corrected chi connectivity index (χ3v) is 3.49. The van der Waals surface area contributed by atoms with Crippen LogP contribution in [0, 0.1) is 0 Å². The summed E-state index contributed by atoms with van der Waals surface area (Å²) < 4.78 is 5.65. The second kappa shape index (κ2) is 9.01. The lowest BCUT2D eigenvalue weighted by atomic mass is 10.0.